The molecule has 0 saturated carbocycles. The number of hydrogen-bond donors (Lipinski definition) is 0. The minimum atomic E-state index is -0.359. The summed E-state index contributed by atoms with van der Waals surface area (Å²) in [5.74, 6) is 0. The molecule has 0 radical (unpaired) electrons. The molecule has 0 fully saturated rings. The van der Waals surface area contributed by atoms with E-state index in [9.17, 15) is 0 Å². The van der Waals surface area contributed by atoms with Gasteiger partial charge < -0.3 is 0 Å². The van der Waals surface area contributed by atoms with Crippen molar-refractivity contribution in [2.75, 3.05) is 0 Å². The summed E-state index contributed by atoms with van der Waals surface area (Å²) in [5, 5.41) is 5.20. The zero-order chi connectivity index (χ0) is 34.0. The van der Waals surface area contributed by atoms with Crippen LogP contribution in [0.4, 0.5) is 0 Å². The SMILES string of the molecule is c1ccc2c(c1)Sc1cccc3ccc(-c4ccc(-c5ccc6c(c5)C5(c7ccccc7-c7ccccc75)c5ccccc5-6)c5ccccc45)c-2c13. The monoisotopic (exact) mass is 674 g/mol. The average Bonchev–Trinajstić information content (AvgIpc) is 3.68. The van der Waals surface area contributed by atoms with Crippen LogP contribution in [0.25, 0.3) is 77.2 Å². The first-order valence-corrected chi connectivity index (χ1v) is 18.9. The van der Waals surface area contributed by atoms with Crippen molar-refractivity contribution < 1.29 is 0 Å². The van der Waals surface area contributed by atoms with Crippen molar-refractivity contribution in [3.8, 4) is 55.6 Å². The van der Waals surface area contributed by atoms with Gasteiger partial charge in [0.1, 0.15) is 0 Å². The fourth-order valence-corrected chi connectivity index (χ4v) is 11.0. The molecule has 0 atom stereocenters. The first-order valence-electron chi connectivity index (χ1n) is 18.1. The molecule has 12 rings (SSSR count). The zero-order valence-corrected chi connectivity index (χ0v) is 29.0. The summed E-state index contributed by atoms with van der Waals surface area (Å²) >= 11 is 1.89. The summed E-state index contributed by atoms with van der Waals surface area (Å²) in [6.45, 7) is 0. The molecule has 0 N–H and O–H groups in total. The predicted octanol–water partition coefficient (Wildman–Crippen LogP) is 13.8. The van der Waals surface area contributed by atoms with E-state index in [1.54, 1.807) is 0 Å². The lowest BCUT2D eigenvalue weighted by molar-refractivity contribution is 0.794. The first kappa shape index (κ1) is 28.5. The summed E-state index contributed by atoms with van der Waals surface area (Å²) < 4.78 is 0. The molecule has 0 amide bonds. The second kappa shape index (κ2) is 10.4. The van der Waals surface area contributed by atoms with Crippen LogP contribution in [0.2, 0.25) is 0 Å². The lowest BCUT2D eigenvalue weighted by Gasteiger charge is -2.30. The molecule has 1 spiro atoms. The smallest absolute Gasteiger partial charge is 0.0725 e. The van der Waals surface area contributed by atoms with Gasteiger partial charge in [0.25, 0.3) is 0 Å². The van der Waals surface area contributed by atoms with E-state index in [2.05, 4.69) is 182 Å². The van der Waals surface area contributed by atoms with E-state index in [0.29, 0.717) is 0 Å². The molecule has 1 heterocycles. The maximum absolute atomic E-state index is 2.51. The van der Waals surface area contributed by atoms with E-state index in [1.165, 1.54) is 109 Å². The summed E-state index contributed by atoms with van der Waals surface area (Å²) in [5.41, 5.74) is 18.2. The van der Waals surface area contributed by atoms with Gasteiger partial charge in [-0.25, -0.2) is 0 Å². The third-order valence-electron chi connectivity index (χ3n) is 11.9. The van der Waals surface area contributed by atoms with Crippen LogP contribution in [-0.4, -0.2) is 0 Å². The van der Waals surface area contributed by atoms with Gasteiger partial charge in [-0.15, -0.1) is 0 Å². The van der Waals surface area contributed by atoms with Crippen molar-refractivity contribution in [3.05, 3.63) is 204 Å². The van der Waals surface area contributed by atoms with Gasteiger partial charge in [-0.05, 0) is 112 Å². The molecular weight excluding hydrogens is 645 g/mol. The highest BCUT2D eigenvalue weighted by Crippen LogP contribution is 2.63. The van der Waals surface area contributed by atoms with Crippen molar-refractivity contribution >= 4 is 33.3 Å². The third kappa shape index (κ3) is 3.59. The highest BCUT2D eigenvalue weighted by Gasteiger charge is 2.51. The number of rotatable bonds is 2. The van der Waals surface area contributed by atoms with Crippen LogP contribution in [0.15, 0.2) is 192 Å². The summed E-state index contributed by atoms with van der Waals surface area (Å²) in [6, 6.07) is 68.5. The number of hydrogen-bond acceptors (Lipinski definition) is 1. The van der Waals surface area contributed by atoms with E-state index in [1.807, 2.05) is 11.8 Å². The van der Waals surface area contributed by atoms with Crippen LogP contribution in [0.3, 0.4) is 0 Å². The van der Waals surface area contributed by atoms with Gasteiger partial charge in [-0.3, -0.25) is 0 Å². The largest absolute Gasteiger partial charge is 0.0888 e. The topological polar surface area (TPSA) is 0 Å². The fraction of sp³-hybridized carbons (Fsp3) is 0.0196. The minimum absolute atomic E-state index is 0.359. The van der Waals surface area contributed by atoms with Crippen LogP contribution in [0, 0.1) is 0 Å². The fourth-order valence-electron chi connectivity index (χ4n) is 9.86. The Morgan fingerprint density at radius 1 is 0.327 bits per heavy atom. The standard InChI is InChI=1S/C51H30S/c1-2-14-35-34(13-1)33(28-29-36(35)41-27-24-31-12-11-23-48-49(31)50(41)42-18-6-10-22-47(42)52-48)32-25-26-40-39-17-5-9-21-45(39)51(46(40)30-32)43-19-7-3-15-37(43)38-16-4-8-20-44(38)51/h1-30H. The molecule has 1 aliphatic heterocycles. The number of fused-ring (bicyclic) bond motifs is 13. The van der Waals surface area contributed by atoms with E-state index in [0.717, 1.165) is 0 Å². The maximum Gasteiger partial charge on any atom is 0.0725 e. The molecule has 0 bridgehead atoms. The Balaban J connectivity index is 1.11. The van der Waals surface area contributed by atoms with Crippen molar-refractivity contribution in [2.45, 2.75) is 15.2 Å². The normalized spacial score (nSPS) is 13.8. The lowest BCUT2D eigenvalue weighted by atomic mass is 9.70. The molecule has 52 heavy (non-hydrogen) atoms. The average molecular weight is 675 g/mol. The Labute approximate surface area is 307 Å². The van der Waals surface area contributed by atoms with E-state index < -0.39 is 0 Å². The van der Waals surface area contributed by atoms with Crippen molar-refractivity contribution in [1.29, 1.82) is 0 Å². The molecule has 9 aromatic carbocycles. The van der Waals surface area contributed by atoms with E-state index >= 15 is 0 Å². The van der Waals surface area contributed by atoms with Crippen molar-refractivity contribution in [3.63, 3.8) is 0 Å². The molecule has 0 aromatic heterocycles. The van der Waals surface area contributed by atoms with Crippen LogP contribution in [-0.2, 0) is 5.41 Å². The summed E-state index contributed by atoms with van der Waals surface area (Å²) in [7, 11) is 0. The minimum Gasteiger partial charge on any atom is -0.0888 e. The second-order valence-corrected chi connectivity index (χ2v) is 15.4. The Morgan fingerprint density at radius 2 is 0.846 bits per heavy atom. The van der Waals surface area contributed by atoms with Crippen molar-refractivity contribution in [1.82, 2.24) is 0 Å². The first-order chi connectivity index (χ1) is 25.8. The van der Waals surface area contributed by atoms with Gasteiger partial charge in [-0.2, -0.15) is 0 Å². The van der Waals surface area contributed by atoms with Gasteiger partial charge in [0, 0.05) is 15.2 Å². The van der Waals surface area contributed by atoms with E-state index in [-0.39, 0.29) is 5.41 Å². The molecule has 0 nitrogen and oxygen atoms in total. The van der Waals surface area contributed by atoms with Crippen LogP contribution >= 0.6 is 11.8 Å². The molecule has 240 valence electrons. The maximum atomic E-state index is 2.51. The van der Waals surface area contributed by atoms with Gasteiger partial charge in [0.15, 0.2) is 0 Å². The predicted molar refractivity (Wildman–Crippen MR) is 218 cm³/mol. The molecular formula is C51H30S. The lowest BCUT2D eigenvalue weighted by Crippen LogP contribution is -2.25. The molecule has 2 aliphatic carbocycles. The Morgan fingerprint density at radius 3 is 1.56 bits per heavy atom. The highest BCUT2D eigenvalue weighted by molar-refractivity contribution is 7.99. The highest BCUT2D eigenvalue weighted by atomic mass is 32.2. The molecule has 3 aliphatic rings. The third-order valence-corrected chi connectivity index (χ3v) is 13.0. The number of benzene rings is 9. The quantitative estimate of drug-likeness (QED) is 0.176. The molecule has 0 saturated heterocycles. The zero-order valence-electron chi connectivity index (χ0n) is 28.2. The van der Waals surface area contributed by atoms with Crippen molar-refractivity contribution in [2.24, 2.45) is 0 Å². The van der Waals surface area contributed by atoms with Crippen LogP contribution in [0.1, 0.15) is 22.3 Å². The second-order valence-electron chi connectivity index (χ2n) is 14.3. The van der Waals surface area contributed by atoms with Crippen LogP contribution < -0.4 is 0 Å². The van der Waals surface area contributed by atoms with Gasteiger partial charge in [0.2, 0.25) is 0 Å². The molecule has 9 aromatic rings. The summed E-state index contributed by atoms with van der Waals surface area (Å²) in [4.78, 5) is 2.65. The Kier molecular flexibility index (Phi) is 5.73. The van der Waals surface area contributed by atoms with E-state index in [4.69, 9.17) is 0 Å². The Hall–Kier alpha value is -6.15. The molecule has 0 unspecified atom stereocenters. The van der Waals surface area contributed by atoms with Gasteiger partial charge in [0.05, 0.1) is 5.41 Å². The molecule has 1 heteroatoms. The Bertz CT molecular complexity index is 2940. The van der Waals surface area contributed by atoms with Gasteiger partial charge >= 0.3 is 0 Å². The summed E-state index contributed by atoms with van der Waals surface area (Å²) in [6.07, 6.45) is 0. The van der Waals surface area contributed by atoms with Crippen LogP contribution in [0.5, 0.6) is 0 Å². The van der Waals surface area contributed by atoms with Gasteiger partial charge in [-0.1, -0.05) is 176 Å².